The molecule has 1 aromatic rings. The van der Waals surface area contributed by atoms with Crippen LogP contribution in [0.2, 0.25) is 5.02 Å². The second-order valence-electron chi connectivity index (χ2n) is 5.70. The summed E-state index contributed by atoms with van der Waals surface area (Å²) in [4.78, 5) is 12.1. The summed E-state index contributed by atoms with van der Waals surface area (Å²) in [5.41, 5.74) is 0.431. The largest absolute Gasteiger partial charge is 0.326 e. The molecule has 1 saturated heterocycles. The van der Waals surface area contributed by atoms with Crippen molar-refractivity contribution in [2.75, 3.05) is 32.0 Å². The van der Waals surface area contributed by atoms with Crippen LogP contribution >= 0.6 is 11.6 Å². The van der Waals surface area contributed by atoms with Crippen molar-refractivity contribution in [1.29, 1.82) is 0 Å². The lowest BCUT2D eigenvalue weighted by Crippen LogP contribution is -2.29. The Morgan fingerprint density at radius 3 is 2.61 bits per heavy atom. The molecule has 0 aromatic heterocycles. The van der Waals surface area contributed by atoms with Crippen LogP contribution in [0.1, 0.15) is 19.8 Å². The van der Waals surface area contributed by atoms with Gasteiger partial charge in [-0.25, -0.2) is 8.42 Å². The quantitative estimate of drug-likeness (QED) is 0.813. The van der Waals surface area contributed by atoms with Crippen LogP contribution in [0, 0.1) is 5.92 Å². The lowest BCUT2D eigenvalue weighted by molar-refractivity contribution is -0.119. The van der Waals surface area contributed by atoms with E-state index in [0.29, 0.717) is 25.3 Å². The zero-order valence-electron chi connectivity index (χ0n) is 13.3. The van der Waals surface area contributed by atoms with Crippen molar-refractivity contribution < 1.29 is 13.2 Å². The maximum absolute atomic E-state index is 12.6. The number of halogens is 1. The molecule has 23 heavy (non-hydrogen) atoms. The number of anilines is 1. The summed E-state index contributed by atoms with van der Waals surface area (Å²) in [6.45, 7) is 3.35. The number of nitrogens with one attached hydrogen (secondary N) is 2. The first-order valence-electron chi connectivity index (χ1n) is 7.61. The summed E-state index contributed by atoms with van der Waals surface area (Å²) in [7, 11) is -1.85. The molecule has 1 atom stereocenters. The number of nitrogens with zero attached hydrogens (tertiary/aromatic N) is 1. The number of amides is 1. The van der Waals surface area contributed by atoms with Gasteiger partial charge in [0, 0.05) is 31.2 Å². The molecule has 128 valence electrons. The van der Waals surface area contributed by atoms with Crippen LogP contribution in [-0.2, 0) is 14.8 Å². The number of carbonyl (C=O) groups excluding carboxylic acids is 1. The zero-order valence-corrected chi connectivity index (χ0v) is 14.9. The van der Waals surface area contributed by atoms with Gasteiger partial charge in [0.25, 0.3) is 0 Å². The monoisotopic (exact) mass is 359 g/mol. The first-order valence-corrected chi connectivity index (χ1v) is 9.43. The number of hydrogen-bond acceptors (Lipinski definition) is 4. The normalized spacial score (nSPS) is 17.2. The van der Waals surface area contributed by atoms with Crippen molar-refractivity contribution in [3.63, 3.8) is 0 Å². The van der Waals surface area contributed by atoms with E-state index in [0.717, 1.165) is 12.8 Å². The number of rotatable bonds is 6. The average Bonchev–Trinajstić information content (AvgIpc) is 3.04. The van der Waals surface area contributed by atoms with Gasteiger partial charge in [-0.1, -0.05) is 18.5 Å². The van der Waals surface area contributed by atoms with Crippen molar-refractivity contribution >= 4 is 33.2 Å². The smallest absolute Gasteiger partial charge is 0.244 e. The fourth-order valence-electron chi connectivity index (χ4n) is 2.51. The summed E-state index contributed by atoms with van der Waals surface area (Å²) in [6, 6.07) is 4.54. The van der Waals surface area contributed by atoms with Crippen molar-refractivity contribution in [1.82, 2.24) is 9.62 Å². The Labute approximate surface area is 142 Å². The highest BCUT2D eigenvalue weighted by Gasteiger charge is 2.29. The summed E-state index contributed by atoms with van der Waals surface area (Å²) in [5, 5.41) is 5.83. The molecule has 1 aromatic carbocycles. The van der Waals surface area contributed by atoms with Gasteiger partial charge in [0.1, 0.15) is 4.90 Å². The van der Waals surface area contributed by atoms with Crippen LogP contribution in [0.4, 0.5) is 5.69 Å². The van der Waals surface area contributed by atoms with Crippen molar-refractivity contribution in [2.24, 2.45) is 5.92 Å². The minimum Gasteiger partial charge on any atom is -0.326 e. The van der Waals surface area contributed by atoms with Gasteiger partial charge in [-0.15, -0.1) is 0 Å². The maximum Gasteiger partial charge on any atom is 0.244 e. The number of carbonyl (C=O) groups is 1. The maximum atomic E-state index is 12.6. The zero-order chi connectivity index (χ0) is 17.0. The van der Waals surface area contributed by atoms with E-state index in [4.69, 9.17) is 11.6 Å². The van der Waals surface area contributed by atoms with Crippen molar-refractivity contribution in [2.45, 2.75) is 24.7 Å². The molecule has 0 saturated carbocycles. The predicted octanol–water partition coefficient (Wildman–Crippen LogP) is 1.92. The number of hydrogen-bond donors (Lipinski definition) is 2. The second kappa shape index (κ2) is 7.61. The Hall–Kier alpha value is -1.15. The summed E-state index contributed by atoms with van der Waals surface area (Å²) in [6.07, 6.45) is 1.71. The Morgan fingerprint density at radius 2 is 2.00 bits per heavy atom. The van der Waals surface area contributed by atoms with E-state index in [1.807, 2.05) is 0 Å². The van der Waals surface area contributed by atoms with E-state index in [1.165, 1.54) is 16.4 Å². The highest BCUT2D eigenvalue weighted by molar-refractivity contribution is 7.89. The molecule has 0 radical (unpaired) electrons. The van der Waals surface area contributed by atoms with Crippen molar-refractivity contribution in [3.8, 4) is 0 Å². The van der Waals surface area contributed by atoms with Gasteiger partial charge in [0.2, 0.25) is 15.9 Å². The van der Waals surface area contributed by atoms with Gasteiger partial charge in [-0.05, 0) is 38.1 Å². The standard InChI is InChI=1S/C15H22ClN3O3S/c1-11(10-17-2)15(20)18-12-5-6-13(16)14(9-12)23(21,22)19-7-3-4-8-19/h5-6,9,11,17H,3-4,7-8,10H2,1-2H3,(H,18,20). The highest BCUT2D eigenvalue weighted by Crippen LogP contribution is 2.29. The topological polar surface area (TPSA) is 78.5 Å². The lowest BCUT2D eigenvalue weighted by Gasteiger charge is -2.18. The van der Waals surface area contributed by atoms with E-state index >= 15 is 0 Å². The highest BCUT2D eigenvalue weighted by atomic mass is 35.5. The molecule has 0 aliphatic carbocycles. The van der Waals surface area contributed by atoms with Gasteiger partial charge in [0.05, 0.1) is 5.02 Å². The molecule has 6 nitrogen and oxygen atoms in total. The molecule has 1 fully saturated rings. The summed E-state index contributed by atoms with van der Waals surface area (Å²) >= 11 is 6.08. The molecule has 2 rings (SSSR count). The van der Waals surface area contributed by atoms with E-state index in [2.05, 4.69) is 10.6 Å². The van der Waals surface area contributed by atoms with Crippen LogP contribution < -0.4 is 10.6 Å². The Balaban J connectivity index is 2.24. The molecular formula is C15H22ClN3O3S. The van der Waals surface area contributed by atoms with Crippen molar-refractivity contribution in [3.05, 3.63) is 23.2 Å². The van der Waals surface area contributed by atoms with Gasteiger partial charge in [-0.2, -0.15) is 4.31 Å². The SMILES string of the molecule is CNCC(C)C(=O)Nc1ccc(Cl)c(S(=O)(=O)N2CCCC2)c1. The van der Waals surface area contributed by atoms with Crippen LogP contribution in [0.3, 0.4) is 0 Å². The van der Waals surface area contributed by atoms with E-state index < -0.39 is 10.0 Å². The fourth-order valence-corrected chi connectivity index (χ4v) is 4.53. The Bertz CT molecular complexity index is 673. The van der Waals surface area contributed by atoms with Gasteiger partial charge in [0.15, 0.2) is 0 Å². The Kier molecular flexibility index (Phi) is 6.02. The van der Waals surface area contributed by atoms with E-state index in [1.54, 1.807) is 20.0 Å². The predicted molar refractivity (Wildman–Crippen MR) is 91.2 cm³/mol. The molecule has 8 heteroatoms. The molecule has 2 N–H and O–H groups in total. The molecule has 1 amide bonds. The average molecular weight is 360 g/mol. The van der Waals surface area contributed by atoms with E-state index in [-0.39, 0.29) is 21.7 Å². The minimum absolute atomic E-state index is 0.0418. The fraction of sp³-hybridized carbons (Fsp3) is 0.533. The lowest BCUT2D eigenvalue weighted by atomic mass is 10.1. The Morgan fingerprint density at radius 1 is 1.35 bits per heavy atom. The van der Waals surface area contributed by atoms with Crippen LogP contribution in [0.5, 0.6) is 0 Å². The number of benzene rings is 1. The molecule has 0 spiro atoms. The van der Waals surface area contributed by atoms with Crippen LogP contribution in [0.25, 0.3) is 0 Å². The van der Waals surface area contributed by atoms with Crippen LogP contribution in [0.15, 0.2) is 23.1 Å². The molecule has 1 heterocycles. The third-order valence-electron chi connectivity index (χ3n) is 3.84. The van der Waals surface area contributed by atoms with Gasteiger partial charge >= 0.3 is 0 Å². The van der Waals surface area contributed by atoms with Gasteiger partial charge in [-0.3, -0.25) is 4.79 Å². The summed E-state index contributed by atoms with van der Waals surface area (Å²) in [5.74, 6) is -0.402. The second-order valence-corrected chi connectivity index (χ2v) is 8.02. The molecule has 1 aliphatic rings. The third-order valence-corrected chi connectivity index (χ3v) is 6.22. The van der Waals surface area contributed by atoms with E-state index in [9.17, 15) is 13.2 Å². The molecular weight excluding hydrogens is 338 g/mol. The minimum atomic E-state index is -3.62. The molecule has 1 unspecified atom stereocenters. The molecule has 1 aliphatic heterocycles. The number of sulfonamides is 1. The molecule has 0 bridgehead atoms. The third kappa shape index (κ3) is 4.23. The van der Waals surface area contributed by atoms with Crippen LogP contribution in [-0.4, -0.2) is 45.3 Å². The first-order chi connectivity index (χ1) is 10.9. The summed E-state index contributed by atoms with van der Waals surface area (Å²) < 4.78 is 26.7. The van der Waals surface area contributed by atoms with Gasteiger partial charge < -0.3 is 10.6 Å². The first kappa shape index (κ1) is 18.2.